The maximum Gasteiger partial charge on any atom is 0.225 e. The molecule has 0 bridgehead atoms. The van der Waals surface area contributed by atoms with Gasteiger partial charge in [-0.15, -0.1) is 0 Å². The molecular weight excluding hydrogens is 318 g/mol. The van der Waals surface area contributed by atoms with Gasteiger partial charge in [0.2, 0.25) is 5.91 Å². The number of hydrogen-bond acceptors (Lipinski definition) is 5. The normalized spacial score (nSPS) is 19.6. The molecule has 2 fully saturated rings. The van der Waals surface area contributed by atoms with Gasteiger partial charge in [0.05, 0.1) is 19.4 Å². The average molecular weight is 343 g/mol. The Labute approximate surface area is 147 Å². The van der Waals surface area contributed by atoms with Gasteiger partial charge in [-0.3, -0.25) is 4.79 Å². The number of amides is 1. The van der Waals surface area contributed by atoms with E-state index in [2.05, 4.69) is 28.0 Å². The van der Waals surface area contributed by atoms with Gasteiger partial charge in [-0.25, -0.2) is 4.98 Å². The van der Waals surface area contributed by atoms with Crippen LogP contribution in [0.15, 0.2) is 18.3 Å². The van der Waals surface area contributed by atoms with Gasteiger partial charge >= 0.3 is 0 Å². The Bertz CT molecular complexity index is 745. The van der Waals surface area contributed by atoms with E-state index in [-0.39, 0.29) is 5.92 Å². The number of rotatable bonds is 3. The molecule has 0 unspecified atom stereocenters. The number of piperidine rings is 1. The van der Waals surface area contributed by atoms with Crippen LogP contribution in [0.3, 0.4) is 0 Å². The molecule has 7 heteroatoms. The third kappa shape index (κ3) is 3.20. The fourth-order valence-electron chi connectivity index (χ4n) is 3.75. The fraction of sp³-hybridized carbons (Fsp3) is 0.611. The summed E-state index contributed by atoms with van der Waals surface area (Å²) < 4.78 is 7.26. The monoisotopic (exact) mass is 343 g/mol. The van der Waals surface area contributed by atoms with E-state index in [1.54, 1.807) is 6.20 Å². The van der Waals surface area contributed by atoms with Crippen LogP contribution in [0.25, 0.3) is 5.65 Å². The lowest BCUT2D eigenvalue weighted by molar-refractivity contribution is -0.140. The first-order valence-electron chi connectivity index (χ1n) is 9.21. The van der Waals surface area contributed by atoms with Crippen LogP contribution in [-0.2, 0) is 16.0 Å². The summed E-state index contributed by atoms with van der Waals surface area (Å²) in [4.78, 5) is 21.6. The highest BCUT2D eigenvalue weighted by Crippen LogP contribution is 2.26. The van der Waals surface area contributed by atoms with E-state index in [0.29, 0.717) is 19.1 Å². The van der Waals surface area contributed by atoms with Crippen molar-refractivity contribution in [1.29, 1.82) is 0 Å². The number of aryl methyl sites for hydroxylation is 1. The van der Waals surface area contributed by atoms with Crippen molar-refractivity contribution in [1.82, 2.24) is 19.5 Å². The van der Waals surface area contributed by atoms with Gasteiger partial charge in [-0.2, -0.15) is 9.61 Å². The van der Waals surface area contributed by atoms with E-state index >= 15 is 0 Å². The topological polar surface area (TPSA) is 63.0 Å². The summed E-state index contributed by atoms with van der Waals surface area (Å²) in [5.41, 5.74) is 1.97. The standard InChI is InChI=1S/C18H25N5O2/c1-2-15-13-17(23-16(20-15)3-6-19-23)21-7-4-14(5-8-21)18(24)22-9-11-25-12-10-22/h3,6,13-14H,2,4-5,7-12H2,1H3. The summed E-state index contributed by atoms with van der Waals surface area (Å²) in [5.74, 6) is 1.52. The summed E-state index contributed by atoms with van der Waals surface area (Å²) in [7, 11) is 0. The van der Waals surface area contributed by atoms with Crippen molar-refractivity contribution in [2.45, 2.75) is 26.2 Å². The molecule has 134 valence electrons. The van der Waals surface area contributed by atoms with E-state index in [1.807, 2.05) is 15.5 Å². The number of ether oxygens (including phenoxy) is 1. The highest BCUT2D eigenvalue weighted by atomic mass is 16.5. The third-order valence-electron chi connectivity index (χ3n) is 5.25. The second-order valence-electron chi connectivity index (χ2n) is 6.76. The molecule has 0 N–H and O–H groups in total. The predicted molar refractivity (Wildman–Crippen MR) is 94.7 cm³/mol. The lowest BCUT2D eigenvalue weighted by atomic mass is 9.95. The van der Waals surface area contributed by atoms with Crippen molar-refractivity contribution >= 4 is 17.4 Å². The van der Waals surface area contributed by atoms with Crippen LogP contribution in [0.5, 0.6) is 0 Å². The third-order valence-corrected chi connectivity index (χ3v) is 5.25. The molecule has 2 aliphatic rings. The van der Waals surface area contributed by atoms with Gasteiger partial charge < -0.3 is 14.5 Å². The molecule has 25 heavy (non-hydrogen) atoms. The van der Waals surface area contributed by atoms with Gasteiger partial charge in [-0.05, 0) is 19.3 Å². The second-order valence-corrected chi connectivity index (χ2v) is 6.76. The summed E-state index contributed by atoms with van der Waals surface area (Å²) in [6.45, 7) is 6.67. The van der Waals surface area contributed by atoms with Crippen molar-refractivity contribution in [3.63, 3.8) is 0 Å². The minimum atomic E-state index is 0.134. The molecular formula is C18H25N5O2. The molecule has 4 rings (SSSR count). The van der Waals surface area contributed by atoms with Gasteiger partial charge in [-0.1, -0.05) is 6.92 Å². The molecule has 2 aliphatic heterocycles. The Morgan fingerprint density at radius 3 is 2.72 bits per heavy atom. The van der Waals surface area contributed by atoms with Crippen LogP contribution in [0.2, 0.25) is 0 Å². The Hall–Kier alpha value is -2.15. The van der Waals surface area contributed by atoms with Gasteiger partial charge in [0.25, 0.3) is 0 Å². The van der Waals surface area contributed by atoms with Crippen molar-refractivity contribution in [2.75, 3.05) is 44.3 Å². The zero-order chi connectivity index (χ0) is 17.2. The number of morpholine rings is 1. The molecule has 0 aliphatic carbocycles. The molecule has 0 radical (unpaired) electrons. The summed E-state index contributed by atoms with van der Waals surface area (Å²) in [6.07, 6.45) is 4.48. The molecule has 1 amide bonds. The SMILES string of the molecule is CCc1cc(N2CCC(C(=O)N3CCOCC3)CC2)n2nccc2n1. The zero-order valence-electron chi connectivity index (χ0n) is 14.7. The van der Waals surface area contributed by atoms with Crippen molar-refractivity contribution in [3.8, 4) is 0 Å². The van der Waals surface area contributed by atoms with Crippen LogP contribution in [0, 0.1) is 5.92 Å². The molecule has 4 heterocycles. The number of aromatic nitrogens is 3. The van der Waals surface area contributed by atoms with E-state index in [9.17, 15) is 4.79 Å². The highest BCUT2D eigenvalue weighted by Gasteiger charge is 2.30. The van der Waals surface area contributed by atoms with Crippen LogP contribution in [0.4, 0.5) is 5.82 Å². The zero-order valence-corrected chi connectivity index (χ0v) is 14.7. The number of anilines is 1. The van der Waals surface area contributed by atoms with Crippen molar-refractivity contribution < 1.29 is 9.53 Å². The lowest BCUT2D eigenvalue weighted by Gasteiger charge is -2.36. The maximum absolute atomic E-state index is 12.7. The van der Waals surface area contributed by atoms with Gasteiger partial charge in [0.1, 0.15) is 5.82 Å². The van der Waals surface area contributed by atoms with E-state index in [1.165, 1.54) is 0 Å². The summed E-state index contributed by atoms with van der Waals surface area (Å²) >= 11 is 0. The molecule has 0 aromatic carbocycles. The number of nitrogens with zero attached hydrogens (tertiary/aromatic N) is 5. The Morgan fingerprint density at radius 1 is 1.24 bits per heavy atom. The number of hydrogen-bond donors (Lipinski definition) is 0. The second kappa shape index (κ2) is 7.00. The first-order valence-corrected chi connectivity index (χ1v) is 9.21. The van der Waals surface area contributed by atoms with E-state index in [0.717, 1.165) is 62.6 Å². The van der Waals surface area contributed by atoms with Crippen LogP contribution in [0.1, 0.15) is 25.5 Å². The highest BCUT2D eigenvalue weighted by molar-refractivity contribution is 5.79. The quantitative estimate of drug-likeness (QED) is 0.842. The Kier molecular flexibility index (Phi) is 4.57. The average Bonchev–Trinajstić information content (AvgIpc) is 3.16. The predicted octanol–water partition coefficient (Wildman–Crippen LogP) is 1.37. The van der Waals surface area contributed by atoms with Crippen LogP contribution in [-0.4, -0.2) is 64.8 Å². The Morgan fingerprint density at radius 2 is 2.00 bits per heavy atom. The minimum absolute atomic E-state index is 0.134. The van der Waals surface area contributed by atoms with E-state index < -0.39 is 0 Å². The van der Waals surface area contributed by atoms with Gasteiger partial charge in [0.15, 0.2) is 5.65 Å². The van der Waals surface area contributed by atoms with Gasteiger partial charge in [0, 0.05) is 49.9 Å². The summed E-state index contributed by atoms with van der Waals surface area (Å²) in [5, 5.41) is 4.42. The Balaban J connectivity index is 1.47. The first kappa shape index (κ1) is 16.3. The minimum Gasteiger partial charge on any atom is -0.378 e. The smallest absolute Gasteiger partial charge is 0.225 e. The molecule has 0 spiro atoms. The molecule has 2 aromatic rings. The van der Waals surface area contributed by atoms with Crippen molar-refractivity contribution in [2.24, 2.45) is 5.92 Å². The maximum atomic E-state index is 12.7. The van der Waals surface area contributed by atoms with Crippen molar-refractivity contribution in [3.05, 3.63) is 24.0 Å². The molecule has 7 nitrogen and oxygen atoms in total. The van der Waals surface area contributed by atoms with Crippen LogP contribution >= 0.6 is 0 Å². The lowest BCUT2D eigenvalue weighted by Crippen LogP contribution is -2.47. The molecule has 2 aromatic heterocycles. The number of carbonyl (C=O) groups is 1. The molecule has 0 saturated carbocycles. The number of fused-ring (bicyclic) bond motifs is 1. The largest absolute Gasteiger partial charge is 0.378 e. The molecule has 0 atom stereocenters. The molecule has 2 saturated heterocycles. The van der Waals surface area contributed by atoms with E-state index in [4.69, 9.17) is 4.74 Å². The first-order chi connectivity index (χ1) is 12.3. The fourth-order valence-corrected chi connectivity index (χ4v) is 3.75. The summed E-state index contributed by atoms with van der Waals surface area (Å²) in [6, 6.07) is 4.07. The number of carbonyl (C=O) groups excluding carboxylic acids is 1. The van der Waals surface area contributed by atoms with Crippen LogP contribution < -0.4 is 4.90 Å².